The minimum Gasteiger partial charge on any atom is -0.340 e. The van der Waals surface area contributed by atoms with Crippen molar-refractivity contribution < 1.29 is 0 Å². The molecule has 0 radical (unpaired) electrons. The summed E-state index contributed by atoms with van der Waals surface area (Å²) in [5.74, 6) is 0.751. The Morgan fingerprint density at radius 3 is 2.65 bits per heavy atom. The van der Waals surface area contributed by atoms with E-state index in [4.69, 9.17) is 11.6 Å². The number of thiophene rings is 1. The number of aromatic nitrogens is 2. The van der Waals surface area contributed by atoms with Gasteiger partial charge < -0.3 is 5.32 Å². The van der Waals surface area contributed by atoms with E-state index in [1.807, 2.05) is 12.1 Å². The van der Waals surface area contributed by atoms with Gasteiger partial charge in [-0.15, -0.1) is 23.1 Å². The van der Waals surface area contributed by atoms with Gasteiger partial charge in [-0.2, -0.15) is 4.98 Å². The van der Waals surface area contributed by atoms with Crippen molar-refractivity contribution in [2.45, 2.75) is 11.8 Å². The van der Waals surface area contributed by atoms with Crippen LogP contribution in [-0.4, -0.2) is 16.2 Å². The molecule has 0 aliphatic carbocycles. The molecule has 1 aromatic carbocycles. The first kappa shape index (κ1) is 13.7. The smallest absolute Gasteiger partial charge is 0.225 e. The molecule has 102 valence electrons. The van der Waals surface area contributed by atoms with Crippen molar-refractivity contribution in [1.82, 2.24) is 9.97 Å². The molecule has 0 unspecified atom stereocenters. The van der Waals surface area contributed by atoms with E-state index in [1.54, 1.807) is 23.1 Å². The quantitative estimate of drug-likeness (QED) is 0.537. The van der Waals surface area contributed by atoms with Crippen molar-refractivity contribution >= 4 is 56.4 Å². The molecule has 0 saturated heterocycles. The summed E-state index contributed by atoms with van der Waals surface area (Å²) in [7, 11) is 0. The number of aryl methyl sites for hydroxylation is 1. The maximum absolute atomic E-state index is 5.99. The Kier molecular flexibility index (Phi) is 3.83. The van der Waals surface area contributed by atoms with E-state index in [1.165, 1.54) is 9.77 Å². The lowest BCUT2D eigenvalue weighted by atomic mass is 10.3. The lowest BCUT2D eigenvalue weighted by molar-refractivity contribution is 1.23. The highest BCUT2D eigenvalue weighted by Gasteiger charge is 2.09. The van der Waals surface area contributed by atoms with Crippen molar-refractivity contribution in [2.75, 3.05) is 11.6 Å². The molecule has 2 heterocycles. The Balaban J connectivity index is 2.00. The maximum atomic E-state index is 5.99. The zero-order valence-electron chi connectivity index (χ0n) is 11.0. The average molecular weight is 322 g/mol. The van der Waals surface area contributed by atoms with E-state index < -0.39 is 0 Å². The largest absolute Gasteiger partial charge is 0.340 e. The van der Waals surface area contributed by atoms with Crippen molar-refractivity contribution in [1.29, 1.82) is 0 Å². The molecule has 0 aliphatic heterocycles. The fourth-order valence-corrected chi connectivity index (χ4v) is 3.43. The number of hydrogen-bond donors (Lipinski definition) is 1. The lowest BCUT2D eigenvalue weighted by Gasteiger charge is -2.07. The molecular formula is C14H12ClN3S2. The van der Waals surface area contributed by atoms with Gasteiger partial charge in [-0.25, -0.2) is 4.98 Å². The Labute approximate surface area is 130 Å². The first-order valence-electron chi connectivity index (χ1n) is 6.00. The molecule has 1 N–H and O–H groups in total. The minimum atomic E-state index is 0.266. The number of nitrogens with zero attached hydrogens (tertiary/aromatic N) is 2. The van der Waals surface area contributed by atoms with Crippen molar-refractivity contribution in [3.63, 3.8) is 0 Å². The summed E-state index contributed by atoms with van der Waals surface area (Å²) in [6, 6.07) is 10.3. The first-order chi connectivity index (χ1) is 9.65. The second-order valence-electron chi connectivity index (χ2n) is 4.27. The van der Waals surface area contributed by atoms with Crippen LogP contribution in [-0.2, 0) is 0 Å². The van der Waals surface area contributed by atoms with E-state index in [-0.39, 0.29) is 5.28 Å². The van der Waals surface area contributed by atoms with Crippen LogP contribution in [0.5, 0.6) is 0 Å². The summed E-state index contributed by atoms with van der Waals surface area (Å²) in [4.78, 5) is 11.9. The van der Waals surface area contributed by atoms with E-state index in [2.05, 4.69) is 46.7 Å². The van der Waals surface area contributed by atoms with Gasteiger partial charge in [-0.3, -0.25) is 0 Å². The van der Waals surface area contributed by atoms with E-state index in [0.717, 1.165) is 21.7 Å². The molecule has 0 atom stereocenters. The Hall–Kier alpha value is -1.30. The average Bonchev–Trinajstić information content (AvgIpc) is 2.80. The molecule has 0 aliphatic rings. The van der Waals surface area contributed by atoms with Gasteiger partial charge in [0.05, 0.1) is 5.39 Å². The molecule has 3 aromatic rings. The molecular weight excluding hydrogens is 310 g/mol. The number of hydrogen-bond acceptors (Lipinski definition) is 5. The highest BCUT2D eigenvalue weighted by Crippen LogP contribution is 2.31. The van der Waals surface area contributed by atoms with Crippen LogP contribution in [0.3, 0.4) is 0 Å². The molecule has 3 nitrogen and oxygen atoms in total. The van der Waals surface area contributed by atoms with Gasteiger partial charge in [0.15, 0.2) is 0 Å². The van der Waals surface area contributed by atoms with Crippen LogP contribution < -0.4 is 5.32 Å². The van der Waals surface area contributed by atoms with Gasteiger partial charge in [0.25, 0.3) is 0 Å². The normalized spacial score (nSPS) is 10.9. The minimum absolute atomic E-state index is 0.266. The number of nitrogens with one attached hydrogen (secondary N) is 1. The van der Waals surface area contributed by atoms with Crippen LogP contribution >= 0.6 is 34.7 Å². The maximum Gasteiger partial charge on any atom is 0.225 e. The van der Waals surface area contributed by atoms with Gasteiger partial charge in [0.1, 0.15) is 10.6 Å². The number of rotatable bonds is 3. The number of thioether (sulfide) groups is 1. The van der Waals surface area contributed by atoms with Gasteiger partial charge in [-0.1, -0.05) is 0 Å². The Morgan fingerprint density at radius 1 is 1.20 bits per heavy atom. The van der Waals surface area contributed by atoms with Crippen LogP contribution in [0.25, 0.3) is 10.2 Å². The highest BCUT2D eigenvalue weighted by atomic mass is 35.5. The number of anilines is 2. The summed E-state index contributed by atoms with van der Waals surface area (Å²) in [6.45, 7) is 2.05. The fourth-order valence-electron chi connectivity index (χ4n) is 1.92. The third-order valence-electron chi connectivity index (χ3n) is 2.84. The summed E-state index contributed by atoms with van der Waals surface area (Å²) < 4.78 is 0. The molecule has 3 rings (SSSR count). The Morgan fingerprint density at radius 2 is 1.95 bits per heavy atom. The predicted octanol–water partition coefficient (Wildman–Crippen LogP) is 5.12. The van der Waals surface area contributed by atoms with Gasteiger partial charge in [0.2, 0.25) is 5.28 Å². The fraction of sp³-hybridized carbons (Fsp3) is 0.143. The third-order valence-corrected chi connectivity index (χ3v) is 4.70. The second-order valence-corrected chi connectivity index (χ2v) is 6.72. The SMILES string of the molecule is CSc1ccc(Nc2nc(Cl)nc3sc(C)cc23)cc1. The van der Waals surface area contributed by atoms with Crippen LogP contribution in [0.1, 0.15) is 4.88 Å². The summed E-state index contributed by atoms with van der Waals surface area (Å²) >= 11 is 9.33. The van der Waals surface area contributed by atoms with Gasteiger partial charge >= 0.3 is 0 Å². The Bertz CT molecular complexity index is 753. The molecule has 2 aromatic heterocycles. The molecule has 0 fully saturated rings. The number of benzene rings is 1. The first-order valence-corrected chi connectivity index (χ1v) is 8.42. The molecule has 0 saturated carbocycles. The monoisotopic (exact) mass is 321 g/mol. The summed E-state index contributed by atoms with van der Waals surface area (Å²) in [6.07, 6.45) is 2.06. The van der Waals surface area contributed by atoms with Gasteiger partial charge in [0, 0.05) is 15.5 Å². The molecule has 0 amide bonds. The van der Waals surface area contributed by atoms with E-state index in [9.17, 15) is 0 Å². The van der Waals surface area contributed by atoms with E-state index in [0.29, 0.717) is 0 Å². The third kappa shape index (κ3) is 2.75. The molecule has 0 spiro atoms. The van der Waals surface area contributed by atoms with Crippen molar-refractivity contribution in [3.05, 3.63) is 40.5 Å². The second kappa shape index (κ2) is 5.60. The zero-order valence-corrected chi connectivity index (χ0v) is 13.4. The molecule has 20 heavy (non-hydrogen) atoms. The summed E-state index contributed by atoms with van der Waals surface area (Å²) in [5.41, 5.74) is 0.989. The number of fused-ring (bicyclic) bond motifs is 1. The van der Waals surface area contributed by atoms with Crippen LogP contribution in [0.4, 0.5) is 11.5 Å². The summed E-state index contributed by atoms with van der Waals surface area (Å²) in [5, 5.41) is 4.59. The van der Waals surface area contributed by atoms with Crippen LogP contribution in [0.2, 0.25) is 5.28 Å². The lowest BCUT2D eigenvalue weighted by Crippen LogP contribution is -1.95. The van der Waals surface area contributed by atoms with Crippen molar-refractivity contribution in [3.8, 4) is 0 Å². The molecule has 0 bridgehead atoms. The standard InChI is InChI=1S/C14H12ClN3S2/c1-8-7-11-12(17-14(15)18-13(11)20-8)16-9-3-5-10(19-2)6-4-9/h3-7H,1-2H3,(H,16,17,18). The van der Waals surface area contributed by atoms with Crippen LogP contribution in [0, 0.1) is 6.92 Å². The molecule has 6 heteroatoms. The highest BCUT2D eigenvalue weighted by molar-refractivity contribution is 7.98. The van der Waals surface area contributed by atoms with Crippen molar-refractivity contribution in [2.24, 2.45) is 0 Å². The topological polar surface area (TPSA) is 37.8 Å². The van der Waals surface area contributed by atoms with E-state index >= 15 is 0 Å². The number of halogens is 1. The van der Waals surface area contributed by atoms with Gasteiger partial charge in [-0.05, 0) is 55.1 Å². The van der Waals surface area contributed by atoms with Crippen LogP contribution in [0.15, 0.2) is 35.2 Å². The predicted molar refractivity (Wildman–Crippen MR) is 88.7 cm³/mol. The zero-order chi connectivity index (χ0) is 14.1.